The molecule has 0 atom stereocenters. The first-order chi connectivity index (χ1) is 12.6. The molecule has 1 aromatic carbocycles. The lowest BCUT2D eigenvalue weighted by Crippen LogP contribution is -2.30. The molecular formula is C19H16N4O3. The quantitative estimate of drug-likeness (QED) is 0.592. The predicted molar refractivity (Wildman–Crippen MR) is 96.6 cm³/mol. The van der Waals surface area contributed by atoms with Gasteiger partial charge in [-0.1, -0.05) is 12.1 Å². The number of carbonyl (C=O) groups is 1. The lowest BCUT2D eigenvalue weighted by atomic mass is 10.2. The zero-order valence-electron chi connectivity index (χ0n) is 14.0. The van der Waals surface area contributed by atoms with Crippen molar-refractivity contribution in [1.82, 2.24) is 19.9 Å². The number of amides is 1. The molecule has 0 unspecified atom stereocenters. The van der Waals surface area contributed by atoms with Gasteiger partial charge in [-0.2, -0.15) is 0 Å². The van der Waals surface area contributed by atoms with Gasteiger partial charge in [0.25, 0.3) is 11.5 Å². The minimum Gasteiger partial charge on any atom is -0.463 e. The van der Waals surface area contributed by atoms with Crippen molar-refractivity contribution in [2.75, 3.05) is 0 Å². The Balaban J connectivity index is 1.53. The van der Waals surface area contributed by atoms with Gasteiger partial charge in [-0.05, 0) is 36.4 Å². The number of aryl methyl sites for hydroxylation is 1. The summed E-state index contributed by atoms with van der Waals surface area (Å²) in [6.07, 6.45) is 1.52. The Bertz CT molecular complexity index is 1140. The minimum absolute atomic E-state index is 0.0408. The van der Waals surface area contributed by atoms with Crippen LogP contribution < -0.4 is 10.9 Å². The van der Waals surface area contributed by atoms with Crippen molar-refractivity contribution in [2.24, 2.45) is 7.05 Å². The fourth-order valence-corrected chi connectivity index (χ4v) is 2.84. The summed E-state index contributed by atoms with van der Waals surface area (Å²) in [5.41, 5.74) is 1.93. The summed E-state index contributed by atoms with van der Waals surface area (Å²) in [6, 6.07) is 14.3. The second kappa shape index (κ2) is 6.36. The highest BCUT2D eigenvalue weighted by Gasteiger charge is 2.14. The van der Waals surface area contributed by atoms with Crippen LogP contribution in [0.1, 0.15) is 16.2 Å². The second-order valence-electron chi connectivity index (χ2n) is 5.85. The van der Waals surface area contributed by atoms with Crippen molar-refractivity contribution in [3.8, 4) is 11.5 Å². The molecule has 7 heteroatoms. The van der Waals surface area contributed by atoms with Gasteiger partial charge >= 0.3 is 0 Å². The van der Waals surface area contributed by atoms with Crippen LogP contribution in [0, 0.1) is 0 Å². The SMILES string of the molecule is Cn1c(CNC(=O)c2ccc(-c3ccco3)[nH]c2=O)nc2ccccc21. The van der Waals surface area contributed by atoms with Crippen LogP contribution in [0.5, 0.6) is 0 Å². The molecule has 3 heterocycles. The topological polar surface area (TPSA) is 92.9 Å². The maximum atomic E-state index is 12.4. The zero-order valence-corrected chi connectivity index (χ0v) is 14.0. The van der Waals surface area contributed by atoms with E-state index in [2.05, 4.69) is 15.3 Å². The fourth-order valence-electron chi connectivity index (χ4n) is 2.84. The number of aromatic amines is 1. The van der Waals surface area contributed by atoms with E-state index in [9.17, 15) is 9.59 Å². The zero-order chi connectivity index (χ0) is 18.1. The maximum absolute atomic E-state index is 12.4. The monoisotopic (exact) mass is 348 g/mol. The van der Waals surface area contributed by atoms with E-state index in [4.69, 9.17) is 4.42 Å². The van der Waals surface area contributed by atoms with E-state index in [0.29, 0.717) is 17.3 Å². The number of nitrogens with zero attached hydrogens (tertiary/aromatic N) is 2. The molecule has 3 aromatic heterocycles. The third-order valence-electron chi connectivity index (χ3n) is 4.23. The number of aromatic nitrogens is 3. The molecule has 0 fully saturated rings. The molecule has 0 saturated carbocycles. The van der Waals surface area contributed by atoms with Crippen LogP contribution in [0.3, 0.4) is 0 Å². The Morgan fingerprint density at radius 3 is 2.77 bits per heavy atom. The van der Waals surface area contributed by atoms with Crippen molar-refractivity contribution >= 4 is 16.9 Å². The van der Waals surface area contributed by atoms with Crippen LogP contribution in [0.2, 0.25) is 0 Å². The molecule has 4 aromatic rings. The van der Waals surface area contributed by atoms with Gasteiger partial charge in [0, 0.05) is 7.05 Å². The van der Waals surface area contributed by atoms with E-state index in [-0.39, 0.29) is 12.1 Å². The third-order valence-corrected chi connectivity index (χ3v) is 4.23. The molecule has 0 saturated heterocycles. The van der Waals surface area contributed by atoms with Crippen molar-refractivity contribution in [1.29, 1.82) is 0 Å². The number of hydrogen-bond donors (Lipinski definition) is 2. The van der Waals surface area contributed by atoms with Gasteiger partial charge < -0.3 is 19.3 Å². The van der Waals surface area contributed by atoms with Gasteiger partial charge in [-0.3, -0.25) is 9.59 Å². The number of para-hydroxylation sites is 2. The predicted octanol–water partition coefficient (Wildman–Crippen LogP) is 2.45. The average molecular weight is 348 g/mol. The number of imidazole rings is 1. The summed E-state index contributed by atoms with van der Waals surface area (Å²) < 4.78 is 7.16. The standard InChI is InChI=1S/C19H16N4O3/c1-23-15-6-3-2-5-13(15)21-17(23)11-20-18(24)12-8-9-14(22-19(12)25)16-7-4-10-26-16/h2-10H,11H2,1H3,(H,20,24)(H,22,25). The van der Waals surface area contributed by atoms with Gasteiger partial charge in [-0.25, -0.2) is 4.98 Å². The number of hydrogen-bond acceptors (Lipinski definition) is 4. The lowest BCUT2D eigenvalue weighted by Gasteiger charge is -2.06. The highest BCUT2D eigenvalue weighted by molar-refractivity contribution is 5.94. The number of nitrogens with one attached hydrogen (secondary N) is 2. The van der Waals surface area contributed by atoms with Gasteiger partial charge in [0.15, 0.2) is 0 Å². The van der Waals surface area contributed by atoms with Gasteiger partial charge in [-0.15, -0.1) is 0 Å². The maximum Gasteiger partial charge on any atom is 0.261 e. The highest BCUT2D eigenvalue weighted by Crippen LogP contribution is 2.16. The molecule has 0 aliphatic heterocycles. The summed E-state index contributed by atoms with van der Waals surface area (Å²) in [4.78, 5) is 31.7. The molecule has 0 radical (unpaired) electrons. The number of H-pyrrole nitrogens is 1. The van der Waals surface area contributed by atoms with Gasteiger partial charge in [0.2, 0.25) is 0 Å². The fraction of sp³-hybridized carbons (Fsp3) is 0.105. The number of furan rings is 1. The van der Waals surface area contributed by atoms with Crippen molar-refractivity contribution < 1.29 is 9.21 Å². The van der Waals surface area contributed by atoms with Gasteiger partial charge in [0.1, 0.15) is 17.1 Å². The molecule has 130 valence electrons. The first-order valence-corrected chi connectivity index (χ1v) is 8.09. The molecular weight excluding hydrogens is 332 g/mol. The summed E-state index contributed by atoms with van der Waals surface area (Å²) in [5, 5.41) is 2.75. The Morgan fingerprint density at radius 2 is 2.04 bits per heavy atom. The molecule has 1 amide bonds. The van der Waals surface area contributed by atoms with E-state index >= 15 is 0 Å². The summed E-state index contributed by atoms with van der Waals surface area (Å²) >= 11 is 0. The molecule has 0 spiro atoms. The van der Waals surface area contributed by atoms with Crippen LogP contribution in [-0.4, -0.2) is 20.4 Å². The summed E-state index contributed by atoms with van der Waals surface area (Å²) in [7, 11) is 1.89. The Hall–Kier alpha value is -3.61. The molecule has 0 aliphatic rings. The molecule has 0 aliphatic carbocycles. The average Bonchev–Trinajstić information content (AvgIpc) is 3.29. The molecule has 26 heavy (non-hydrogen) atoms. The Morgan fingerprint density at radius 1 is 1.19 bits per heavy atom. The highest BCUT2D eigenvalue weighted by atomic mass is 16.3. The lowest BCUT2D eigenvalue weighted by molar-refractivity contribution is 0.0948. The van der Waals surface area contributed by atoms with Crippen LogP contribution in [0.15, 0.2) is 64.0 Å². The third kappa shape index (κ3) is 2.79. The van der Waals surface area contributed by atoms with Crippen molar-refractivity contribution in [3.63, 3.8) is 0 Å². The smallest absolute Gasteiger partial charge is 0.261 e. The van der Waals surface area contributed by atoms with Crippen LogP contribution in [0.25, 0.3) is 22.5 Å². The van der Waals surface area contributed by atoms with E-state index in [1.165, 1.54) is 12.3 Å². The van der Waals surface area contributed by atoms with Gasteiger partial charge in [0.05, 0.1) is 29.5 Å². The molecule has 2 N–H and O–H groups in total. The van der Waals surface area contributed by atoms with Crippen LogP contribution >= 0.6 is 0 Å². The first-order valence-electron chi connectivity index (χ1n) is 8.09. The summed E-state index contributed by atoms with van der Waals surface area (Å²) in [5.74, 6) is 0.793. The number of carbonyl (C=O) groups excluding carboxylic acids is 1. The normalized spacial score (nSPS) is 11.0. The molecule has 7 nitrogen and oxygen atoms in total. The second-order valence-corrected chi connectivity index (χ2v) is 5.85. The number of rotatable bonds is 4. The van der Waals surface area contributed by atoms with Crippen LogP contribution in [-0.2, 0) is 13.6 Å². The minimum atomic E-state index is -0.471. The Kier molecular flexibility index (Phi) is 3.89. The van der Waals surface area contributed by atoms with E-state index in [1.54, 1.807) is 18.2 Å². The molecule has 0 bridgehead atoms. The van der Waals surface area contributed by atoms with E-state index in [0.717, 1.165) is 11.0 Å². The number of pyridine rings is 1. The first kappa shape index (κ1) is 15.9. The van der Waals surface area contributed by atoms with Crippen molar-refractivity contribution in [2.45, 2.75) is 6.54 Å². The van der Waals surface area contributed by atoms with E-state index in [1.807, 2.05) is 35.9 Å². The van der Waals surface area contributed by atoms with Crippen LogP contribution in [0.4, 0.5) is 0 Å². The van der Waals surface area contributed by atoms with Crippen molar-refractivity contribution in [3.05, 3.63) is 76.5 Å². The Labute approximate surface area is 148 Å². The molecule has 4 rings (SSSR count). The number of fused-ring (bicyclic) bond motifs is 1. The number of benzene rings is 1. The summed E-state index contributed by atoms with van der Waals surface area (Å²) in [6.45, 7) is 0.226. The largest absolute Gasteiger partial charge is 0.463 e. The van der Waals surface area contributed by atoms with E-state index < -0.39 is 11.5 Å².